The molecule has 0 spiro atoms. The number of nitrogens with one attached hydrogen (secondary N) is 1. The van der Waals surface area contributed by atoms with Crippen molar-refractivity contribution in [2.75, 3.05) is 38.7 Å². The molecule has 16 nitrogen and oxygen atoms in total. The predicted molar refractivity (Wildman–Crippen MR) is 268 cm³/mol. The number of allylic oxidation sites excluding steroid dienone is 2. The highest BCUT2D eigenvalue weighted by atomic mass is 16.7. The SMILES string of the molecule is CO[C@H]1/C=C/O[C@@]2(C)Oc3c(C)c(O)c4c(=O)c(c5oc6cc(OCC[N+]7(C(C)(C)C)CCCC7)cc(=O)c6nc5c4c3=C2O)NC(=O)/C(C)=C\C=C\[C@H](C)[C@H](O)[C@@H](C)[C@@H](C)[C@@H](C)[C@H](OC(C)=O)[C@@H]1C. The van der Waals surface area contributed by atoms with Gasteiger partial charge in [-0.15, -0.1) is 0 Å². The van der Waals surface area contributed by atoms with Crippen molar-refractivity contribution >= 4 is 56.3 Å². The van der Waals surface area contributed by atoms with Crippen LogP contribution in [0.4, 0.5) is 5.69 Å². The van der Waals surface area contributed by atoms with Crippen molar-refractivity contribution in [3.63, 3.8) is 0 Å². The number of fused-ring (bicyclic) bond motifs is 2. The number of aromatic hydroxyl groups is 1. The molecular weight excluding hydrogens is 899 g/mol. The topological polar surface area (TPSA) is 213 Å². The van der Waals surface area contributed by atoms with Crippen LogP contribution in [0.15, 0.2) is 62.3 Å². The van der Waals surface area contributed by atoms with Crippen molar-refractivity contribution in [2.24, 2.45) is 29.6 Å². The number of rotatable bonds is 6. The van der Waals surface area contributed by atoms with Gasteiger partial charge in [0.15, 0.2) is 22.4 Å². The van der Waals surface area contributed by atoms with Crippen molar-refractivity contribution in [1.29, 1.82) is 0 Å². The number of carbonyl (C=O) groups is 2. The summed E-state index contributed by atoms with van der Waals surface area (Å²) in [7, 11) is 1.51. The minimum atomic E-state index is -1.96. The fourth-order valence-electron chi connectivity index (χ4n) is 10.7. The van der Waals surface area contributed by atoms with Crippen LogP contribution in [0.3, 0.4) is 0 Å². The van der Waals surface area contributed by atoms with Crippen molar-refractivity contribution in [2.45, 2.75) is 126 Å². The Bertz CT molecular complexity index is 2980. The third-order valence-electron chi connectivity index (χ3n) is 15.6. The van der Waals surface area contributed by atoms with Crippen molar-refractivity contribution < 1.29 is 57.5 Å². The number of quaternary nitrogens is 1. The lowest BCUT2D eigenvalue weighted by Gasteiger charge is -2.45. The highest BCUT2D eigenvalue weighted by Gasteiger charge is 2.45. The summed E-state index contributed by atoms with van der Waals surface area (Å²) in [5.74, 6) is -5.46. The molecule has 4 aromatic rings. The summed E-state index contributed by atoms with van der Waals surface area (Å²) in [4.78, 5) is 60.3. The minimum Gasteiger partial charge on any atom is -0.507 e. The summed E-state index contributed by atoms with van der Waals surface area (Å²) >= 11 is 0. The van der Waals surface area contributed by atoms with Gasteiger partial charge in [-0.25, -0.2) is 4.98 Å². The van der Waals surface area contributed by atoms with Gasteiger partial charge in [0.25, 0.3) is 5.91 Å². The fourth-order valence-corrected chi connectivity index (χ4v) is 10.7. The second-order valence-corrected chi connectivity index (χ2v) is 20.9. The molecule has 7 rings (SSSR count). The molecule has 4 N–H and O–H groups in total. The number of phenols is 1. The maximum atomic E-state index is 14.9. The lowest BCUT2D eigenvalue weighted by Crippen LogP contribution is -2.59. The van der Waals surface area contributed by atoms with Crippen LogP contribution in [-0.4, -0.2) is 99.7 Å². The van der Waals surface area contributed by atoms with Gasteiger partial charge in [0.2, 0.25) is 10.9 Å². The smallest absolute Gasteiger partial charge is 0.307 e. The second kappa shape index (κ2) is 19.7. The van der Waals surface area contributed by atoms with Gasteiger partial charge in [-0.2, -0.15) is 0 Å². The molecule has 4 heterocycles. The number of carbonyl (C=O) groups excluding carboxylic acids is 2. The van der Waals surface area contributed by atoms with Crippen LogP contribution in [0.25, 0.3) is 38.7 Å². The van der Waals surface area contributed by atoms with E-state index in [9.17, 15) is 34.5 Å². The standard InChI is InChI=1S/C54H69N3O13/c1-27-17-16-18-28(2)52(64)56-44-47(62)40-39(43-50(44)69-38-26-35(25-36(59)42(38)55-43)66-24-22-57(53(9,10)11)20-14-15-21-57)41-49(33(7)46(40)61)70-54(12,51(41)63)67-23-19-37(65-13)32(6)48(68-34(8)58)31(5)29(3)30(4)45(27)60/h16-19,23,25-27,29-32,37,45,48,60H,14-15,20-22,24H2,1-13H3,(H2-,55,56,59,61,62,63,64)/p+1/b17-16+,23-19+,28-18-/t27-,29+,30-,31+,32+,37-,45-,48-,54-/m0/s1. The molecule has 0 radical (unpaired) electrons. The maximum absolute atomic E-state index is 14.9. The molecule has 3 aliphatic rings. The first-order valence-corrected chi connectivity index (χ1v) is 24.3. The first-order chi connectivity index (χ1) is 32.9. The van der Waals surface area contributed by atoms with Gasteiger partial charge < -0.3 is 53.2 Å². The zero-order valence-corrected chi connectivity index (χ0v) is 42.7. The number of benzene rings is 3. The molecule has 1 amide bonds. The molecule has 9 atom stereocenters. The number of amides is 1. The van der Waals surface area contributed by atoms with E-state index in [1.54, 1.807) is 31.2 Å². The van der Waals surface area contributed by atoms with E-state index in [0.717, 1.165) is 37.0 Å². The fraction of sp³-hybridized carbons (Fsp3) is 0.537. The minimum absolute atomic E-state index is 0.00848. The number of phenolic OH excluding ortho intramolecular Hbond substituents is 1. The number of aromatic nitrogens is 1. The number of methoxy groups -OCH3 is 1. The number of aliphatic hydroxyl groups excluding tert-OH is 2. The Kier molecular flexibility index (Phi) is 14.6. The first kappa shape index (κ1) is 51.9. The van der Waals surface area contributed by atoms with Crippen LogP contribution in [-0.2, 0) is 23.8 Å². The molecule has 3 aliphatic heterocycles. The number of hydrogen-bond acceptors (Lipinski definition) is 14. The second-order valence-electron chi connectivity index (χ2n) is 20.9. The Morgan fingerprint density at radius 3 is 2.29 bits per heavy atom. The number of ether oxygens (including phenoxy) is 5. The van der Waals surface area contributed by atoms with Gasteiger partial charge >= 0.3 is 11.8 Å². The van der Waals surface area contributed by atoms with Gasteiger partial charge in [0.1, 0.15) is 47.7 Å². The molecule has 0 saturated carbocycles. The number of esters is 1. The summed E-state index contributed by atoms with van der Waals surface area (Å²) in [6.45, 7) is 25.2. The number of nitrogens with zero attached hydrogens (tertiary/aromatic N) is 2. The van der Waals surface area contributed by atoms with Crippen LogP contribution in [0.1, 0.15) is 94.6 Å². The van der Waals surface area contributed by atoms with Gasteiger partial charge in [0.05, 0.1) is 47.7 Å². The molecule has 0 unspecified atom stereocenters. The lowest BCUT2D eigenvalue weighted by molar-refractivity contribution is -0.960. The van der Waals surface area contributed by atoms with Crippen molar-refractivity contribution in [3.8, 4) is 17.2 Å². The summed E-state index contributed by atoms with van der Waals surface area (Å²) < 4.78 is 37.9. The van der Waals surface area contributed by atoms with Crippen LogP contribution in [0.2, 0.25) is 0 Å². The normalized spacial score (nSPS) is 29.4. The molecular formula is C54H70N3O13+. The third kappa shape index (κ3) is 9.37. The average Bonchev–Trinajstić information content (AvgIpc) is 3.90. The van der Waals surface area contributed by atoms with Crippen LogP contribution < -0.4 is 30.9 Å². The maximum Gasteiger partial charge on any atom is 0.307 e. The Labute approximate surface area is 408 Å². The molecule has 4 bridgehead atoms. The van der Waals surface area contributed by atoms with E-state index in [2.05, 4.69) is 26.1 Å². The van der Waals surface area contributed by atoms with E-state index in [1.807, 2.05) is 34.6 Å². The van der Waals surface area contributed by atoms with Crippen molar-refractivity contribution in [3.05, 3.63) is 79.5 Å². The highest BCUT2D eigenvalue weighted by molar-refractivity contribution is 6.16. The van der Waals surface area contributed by atoms with Crippen molar-refractivity contribution in [1.82, 2.24) is 4.98 Å². The largest absolute Gasteiger partial charge is 0.507 e. The van der Waals surface area contributed by atoms with Crippen LogP contribution in [0.5, 0.6) is 17.2 Å². The number of aliphatic hydroxyl groups is 2. The van der Waals surface area contributed by atoms with E-state index in [1.165, 1.54) is 46.3 Å². The summed E-state index contributed by atoms with van der Waals surface area (Å²) in [6.07, 6.45) is 7.92. The first-order valence-electron chi connectivity index (χ1n) is 24.3. The van der Waals surface area contributed by atoms with Crippen LogP contribution in [0, 0.1) is 36.5 Å². The molecule has 1 fully saturated rings. The number of hydrogen-bond donors (Lipinski definition) is 4. The molecule has 70 heavy (non-hydrogen) atoms. The van der Waals surface area contributed by atoms with E-state index in [0.29, 0.717) is 6.61 Å². The number of anilines is 1. The molecule has 3 aromatic carbocycles. The Morgan fingerprint density at radius 1 is 0.957 bits per heavy atom. The Morgan fingerprint density at radius 2 is 1.64 bits per heavy atom. The van der Waals surface area contributed by atoms with Gasteiger partial charge in [-0.05, 0) is 58.4 Å². The summed E-state index contributed by atoms with van der Waals surface area (Å²) in [6, 6.07) is 2.84. The molecule has 16 heteroatoms. The third-order valence-corrected chi connectivity index (χ3v) is 15.6. The predicted octanol–water partition coefficient (Wildman–Crippen LogP) is 7.62. The molecule has 0 aliphatic carbocycles. The highest BCUT2D eigenvalue weighted by Crippen LogP contribution is 2.43. The van der Waals surface area contributed by atoms with E-state index in [-0.39, 0.29) is 95.7 Å². The van der Waals surface area contributed by atoms with E-state index in [4.69, 9.17) is 33.1 Å². The van der Waals surface area contributed by atoms with Gasteiger partial charge in [-0.3, -0.25) is 19.2 Å². The van der Waals surface area contributed by atoms with Gasteiger partial charge in [0, 0.05) is 74.3 Å². The molecule has 378 valence electrons. The van der Waals surface area contributed by atoms with E-state index < -0.39 is 64.3 Å². The summed E-state index contributed by atoms with van der Waals surface area (Å²) in [5.41, 5.74) is -2.12. The Balaban J connectivity index is 1.43. The monoisotopic (exact) mass is 968 g/mol. The molecule has 1 saturated heterocycles. The van der Waals surface area contributed by atoms with Gasteiger partial charge in [-0.1, -0.05) is 52.8 Å². The number of likely N-dealkylation sites (tertiary alicyclic amines) is 1. The Hall–Kier alpha value is -5.97. The van der Waals surface area contributed by atoms with Crippen LogP contribution >= 0.6 is 0 Å². The molecule has 1 aromatic heterocycles. The summed E-state index contributed by atoms with van der Waals surface area (Å²) in [5, 5.41) is 38.0. The quantitative estimate of drug-likeness (QED) is 0.0634. The average molecular weight is 969 g/mol. The lowest BCUT2D eigenvalue weighted by atomic mass is 9.73. The zero-order chi connectivity index (χ0) is 51.4. The zero-order valence-electron chi connectivity index (χ0n) is 42.7. The van der Waals surface area contributed by atoms with E-state index >= 15 is 0 Å².